The van der Waals surface area contributed by atoms with Gasteiger partial charge in [0.2, 0.25) is 0 Å². The summed E-state index contributed by atoms with van der Waals surface area (Å²) in [6, 6.07) is 9.97. The van der Waals surface area contributed by atoms with Crippen LogP contribution in [0, 0.1) is 0 Å². The van der Waals surface area contributed by atoms with Crippen LogP contribution in [0.25, 0.3) is 0 Å². The van der Waals surface area contributed by atoms with Crippen LogP contribution in [-0.2, 0) is 6.42 Å². The first kappa shape index (κ1) is 13.6. The zero-order valence-corrected chi connectivity index (χ0v) is 11.3. The molecular formula is C15H20N2O2. The second-order valence-corrected chi connectivity index (χ2v) is 4.79. The first-order valence-corrected chi connectivity index (χ1v) is 6.43. The van der Waals surface area contributed by atoms with Crippen LogP contribution in [0.2, 0.25) is 0 Å². The van der Waals surface area contributed by atoms with Gasteiger partial charge in [-0.2, -0.15) is 0 Å². The van der Waals surface area contributed by atoms with Gasteiger partial charge in [-0.15, -0.1) is 0 Å². The molecule has 2 aromatic rings. The summed E-state index contributed by atoms with van der Waals surface area (Å²) in [5.74, 6) is 6.51. The Kier molecular flexibility index (Phi) is 4.60. The second kappa shape index (κ2) is 6.41. The van der Waals surface area contributed by atoms with Crippen molar-refractivity contribution in [1.82, 2.24) is 5.43 Å². The molecule has 4 nitrogen and oxygen atoms in total. The maximum absolute atomic E-state index is 5.70. The largest absolute Gasteiger partial charge is 0.491 e. The van der Waals surface area contributed by atoms with Crippen molar-refractivity contribution in [2.45, 2.75) is 32.4 Å². The van der Waals surface area contributed by atoms with E-state index in [1.807, 2.05) is 44.2 Å². The lowest BCUT2D eigenvalue weighted by Crippen LogP contribution is -2.29. The molecule has 4 heteroatoms. The third kappa shape index (κ3) is 3.84. The molecule has 1 unspecified atom stereocenters. The van der Waals surface area contributed by atoms with Gasteiger partial charge in [0, 0.05) is 0 Å². The highest BCUT2D eigenvalue weighted by Crippen LogP contribution is 2.22. The highest BCUT2D eigenvalue weighted by atomic mass is 16.5. The van der Waals surface area contributed by atoms with Crippen molar-refractivity contribution in [2.75, 3.05) is 0 Å². The summed E-state index contributed by atoms with van der Waals surface area (Å²) >= 11 is 0. The number of furan rings is 1. The number of hydrazine groups is 1. The Morgan fingerprint density at radius 1 is 1.32 bits per heavy atom. The Morgan fingerprint density at radius 3 is 2.79 bits per heavy atom. The number of benzene rings is 1. The molecule has 0 fully saturated rings. The topological polar surface area (TPSA) is 60.4 Å². The van der Waals surface area contributed by atoms with Gasteiger partial charge in [0.05, 0.1) is 24.7 Å². The summed E-state index contributed by atoms with van der Waals surface area (Å²) in [5, 5.41) is 0. The van der Waals surface area contributed by atoms with Crippen LogP contribution < -0.4 is 16.0 Å². The normalized spacial score (nSPS) is 12.6. The molecule has 0 bridgehead atoms. The minimum atomic E-state index is 0.0355. The summed E-state index contributed by atoms with van der Waals surface area (Å²) in [4.78, 5) is 0. The fourth-order valence-electron chi connectivity index (χ4n) is 1.99. The molecule has 1 aromatic carbocycles. The number of hydrogen-bond acceptors (Lipinski definition) is 4. The van der Waals surface area contributed by atoms with E-state index in [2.05, 4.69) is 5.43 Å². The van der Waals surface area contributed by atoms with E-state index in [0.717, 1.165) is 23.3 Å². The van der Waals surface area contributed by atoms with Crippen molar-refractivity contribution >= 4 is 0 Å². The summed E-state index contributed by atoms with van der Waals surface area (Å²) in [7, 11) is 0. The molecule has 1 atom stereocenters. The minimum Gasteiger partial charge on any atom is -0.491 e. The molecule has 2 rings (SSSR count). The SMILES string of the molecule is CC(C)Oc1cccc(C(Cc2ccoc2)NN)c1. The van der Waals surface area contributed by atoms with E-state index in [1.165, 1.54) is 0 Å². The molecule has 102 valence electrons. The molecule has 1 aromatic heterocycles. The van der Waals surface area contributed by atoms with Gasteiger partial charge in [0.1, 0.15) is 5.75 Å². The quantitative estimate of drug-likeness (QED) is 0.619. The third-order valence-electron chi connectivity index (χ3n) is 2.85. The van der Waals surface area contributed by atoms with Gasteiger partial charge in [0.15, 0.2) is 0 Å². The Labute approximate surface area is 113 Å². The molecule has 0 aliphatic carbocycles. The maximum atomic E-state index is 5.70. The van der Waals surface area contributed by atoms with Gasteiger partial charge in [-0.1, -0.05) is 12.1 Å². The van der Waals surface area contributed by atoms with E-state index < -0.39 is 0 Å². The monoisotopic (exact) mass is 260 g/mol. The Hall–Kier alpha value is -1.78. The molecule has 1 heterocycles. The van der Waals surface area contributed by atoms with Gasteiger partial charge < -0.3 is 9.15 Å². The van der Waals surface area contributed by atoms with Crippen molar-refractivity contribution in [2.24, 2.45) is 5.84 Å². The first-order chi connectivity index (χ1) is 9.19. The van der Waals surface area contributed by atoms with Crippen LogP contribution in [0.5, 0.6) is 5.75 Å². The van der Waals surface area contributed by atoms with Crippen LogP contribution in [0.4, 0.5) is 0 Å². The molecule has 3 N–H and O–H groups in total. The standard InChI is InChI=1S/C15H20N2O2/c1-11(2)19-14-5-3-4-13(9-14)15(17-16)8-12-6-7-18-10-12/h3-7,9-11,15,17H,8,16H2,1-2H3. The molecule has 0 saturated heterocycles. The van der Waals surface area contributed by atoms with E-state index in [1.54, 1.807) is 12.5 Å². The van der Waals surface area contributed by atoms with Crippen LogP contribution in [0.3, 0.4) is 0 Å². The van der Waals surface area contributed by atoms with E-state index >= 15 is 0 Å². The minimum absolute atomic E-state index is 0.0355. The van der Waals surface area contributed by atoms with Crippen molar-refractivity contribution < 1.29 is 9.15 Å². The van der Waals surface area contributed by atoms with Gasteiger partial charge in [-0.05, 0) is 49.6 Å². The summed E-state index contributed by atoms with van der Waals surface area (Å²) in [5.41, 5.74) is 5.05. The van der Waals surface area contributed by atoms with Crippen LogP contribution >= 0.6 is 0 Å². The van der Waals surface area contributed by atoms with Crippen molar-refractivity contribution in [1.29, 1.82) is 0 Å². The Morgan fingerprint density at radius 2 is 2.16 bits per heavy atom. The summed E-state index contributed by atoms with van der Waals surface area (Å²) < 4.78 is 10.8. The Balaban J connectivity index is 2.13. The molecule has 19 heavy (non-hydrogen) atoms. The van der Waals surface area contributed by atoms with Gasteiger partial charge in [-0.3, -0.25) is 11.3 Å². The molecule has 0 spiro atoms. The molecule has 0 aliphatic rings. The predicted molar refractivity (Wildman–Crippen MR) is 74.7 cm³/mol. The highest BCUT2D eigenvalue weighted by Gasteiger charge is 2.12. The molecular weight excluding hydrogens is 240 g/mol. The lowest BCUT2D eigenvalue weighted by molar-refractivity contribution is 0.242. The zero-order chi connectivity index (χ0) is 13.7. The second-order valence-electron chi connectivity index (χ2n) is 4.79. The lowest BCUT2D eigenvalue weighted by atomic mass is 10.0. The fourth-order valence-corrected chi connectivity index (χ4v) is 1.99. The average Bonchev–Trinajstić information content (AvgIpc) is 2.88. The first-order valence-electron chi connectivity index (χ1n) is 6.43. The number of nitrogens with two attached hydrogens (primary N) is 1. The van der Waals surface area contributed by atoms with E-state index in [-0.39, 0.29) is 12.1 Å². The number of ether oxygens (including phenoxy) is 1. The molecule has 0 aliphatic heterocycles. The van der Waals surface area contributed by atoms with E-state index in [9.17, 15) is 0 Å². The van der Waals surface area contributed by atoms with E-state index in [4.69, 9.17) is 15.0 Å². The number of rotatable bonds is 6. The van der Waals surface area contributed by atoms with Gasteiger partial charge >= 0.3 is 0 Å². The maximum Gasteiger partial charge on any atom is 0.120 e. The van der Waals surface area contributed by atoms with E-state index in [0.29, 0.717) is 0 Å². The third-order valence-corrected chi connectivity index (χ3v) is 2.85. The van der Waals surface area contributed by atoms with Crippen LogP contribution in [0.1, 0.15) is 31.0 Å². The van der Waals surface area contributed by atoms with Crippen molar-refractivity contribution in [3.63, 3.8) is 0 Å². The summed E-state index contributed by atoms with van der Waals surface area (Å²) in [6.07, 6.45) is 4.34. The number of hydrogen-bond donors (Lipinski definition) is 2. The Bertz CT molecular complexity index is 495. The van der Waals surface area contributed by atoms with Gasteiger partial charge in [0.25, 0.3) is 0 Å². The molecule has 0 amide bonds. The lowest BCUT2D eigenvalue weighted by Gasteiger charge is -2.17. The summed E-state index contributed by atoms with van der Waals surface area (Å²) in [6.45, 7) is 4.02. The van der Waals surface area contributed by atoms with Crippen molar-refractivity contribution in [3.05, 3.63) is 54.0 Å². The average molecular weight is 260 g/mol. The predicted octanol–water partition coefficient (Wildman–Crippen LogP) is 2.81. The fraction of sp³-hybridized carbons (Fsp3) is 0.333. The van der Waals surface area contributed by atoms with Crippen molar-refractivity contribution in [3.8, 4) is 5.75 Å². The number of nitrogens with one attached hydrogen (secondary N) is 1. The molecule has 0 saturated carbocycles. The smallest absolute Gasteiger partial charge is 0.120 e. The molecule has 0 radical (unpaired) electrons. The van der Waals surface area contributed by atoms with Gasteiger partial charge in [-0.25, -0.2) is 0 Å². The highest BCUT2D eigenvalue weighted by molar-refractivity contribution is 5.31. The van der Waals surface area contributed by atoms with Crippen LogP contribution in [0.15, 0.2) is 47.3 Å². The van der Waals surface area contributed by atoms with Crippen LogP contribution in [-0.4, -0.2) is 6.10 Å². The zero-order valence-electron chi connectivity index (χ0n) is 11.3.